The Labute approximate surface area is 96.7 Å². The van der Waals surface area contributed by atoms with Gasteiger partial charge in [-0.25, -0.2) is 4.68 Å². The van der Waals surface area contributed by atoms with E-state index in [9.17, 15) is 5.11 Å². The Morgan fingerprint density at radius 1 is 1.44 bits per heavy atom. The van der Waals surface area contributed by atoms with E-state index in [4.69, 9.17) is 0 Å². The number of nitrogens with zero attached hydrogens (tertiary/aromatic N) is 5. The van der Waals surface area contributed by atoms with Gasteiger partial charge in [0.1, 0.15) is 0 Å². The fourth-order valence-corrected chi connectivity index (χ4v) is 1.81. The second-order valence-corrected chi connectivity index (χ2v) is 4.32. The number of aliphatic hydroxyl groups is 1. The number of aliphatic hydroxyl groups excluding tert-OH is 1. The molecule has 0 spiro atoms. The van der Waals surface area contributed by atoms with Crippen LogP contribution in [0.2, 0.25) is 0 Å². The molecule has 0 aromatic carbocycles. The topological polar surface area (TPSA) is 76.7 Å². The van der Waals surface area contributed by atoms with Crippen LogP contribution in [0.15, 0.2) is 28.4 Å². The largest absolute Gasteiger partial charge is 0.387 e. The van der Waals surface area contributed by atoms with Gasteiger partial charge in [-0.3, -0.25) is 4.98 Å². The third-order valence-electron chi connectivity index (χ3n) is 1.98. The van der Waals surface area contributed by atoms with Crippen molar-refractivity contribution in [3.63, 3.8) is 0 Å². The van der Waals surface area contributed by atoms with Crippen LogP contribution in [-0.4, -0.2) is 30.3 Å². The van der Waals surface area contributed by atoms with E-state index in [0.717, 1.165) is 4.90 Å². The molecule has 0 aliphatic heterocycles. The molecule has 2 aromatic heterocycles. The minimum absolute atomic E-state index is 0.546. The van der Waals surface area contributed by atoms with Gasteiger partial charge in [0, 0.05) is 18.1 Å². The highest BCUT2D eigenvalue weighted by molar-refractivity contribution is 7.99. The van der Waals surface area contributed by atoms with E-state index in [1.54, 1.807) is 30.9 Å². The van der Waals surface area contributed by atoms with Crippen molar-refractivity contribution in [3.05, 3.63) is 24.0 Å². The molecule has 1 N–H and O–H groups in total. The predicted octanol–water partition coefficient (Wildman–Crippen LogP) is 0.810. The van der Waals surface area contributed by atoms with Gasteiger partial charge in [-0.15, -0.1) is 5.10 Å². The van der Waals surface area contributed by atoms with E-state index in [2.05, 4.69) is 20.5 Å². The molecule has 0 radical (unpaired) electrons. The van der Waals surface area contributed by atoms with Crippen molar-refractivity contribution in [1.29, 1.82) is 0 Å². The smallest absolute Gasteiger partial charge is 0.213 e. The van der Waals surface area contributed by atoms with Crippen LogP contribution < -0.4 is 0 Å². The van der Waals surface area contributed by atoms with Gasteiger partial charge in [-0.2, -0.15) is 0 Å². The van der Waals surface area contributed by atoms with Gasteiger partial charge < -0.3 is 5.11 Å². The van der Waals surface area contributed by atoms with Crippen LogP contribution in [0, 0.1) is 0 Å². The maximum absolute atomic E-state index is 9.31. The number of pyridine rings is 1. The molecule has 84 valence electrons. The maximum Gasteiger partial charge on any atom is 0.213 e. The molecule has 0 saturated carbocycles. The number of hydrogen-bond donors (Lipinski definition) is 1. The second kappa shape index (κ2) is 4.58. The van der Waals surface area contributed by atoms with Crippen LogP contribution in [0.4, 0.5) is 0 Å². The van der Waals surface area contributed by atoms with E-state index >= 15 is 0 Å². The SMILES string of the molecule is C[C@@H](O)c1ccc(Sc2nnnn2C)cn1. The summed E-state index contributed by atoms with van der Waals surface area (Å²) in [6, 6.07) is 3.67. The fraction of sp³-hybridized carbons (Fsp3) is 0.333. The molecule has 0 amide bonds. The lowest BCUT2D eigenvalue weighted by Crippen LogP contribution is -1.95. The molecule has 7 heteroatoms. The zero-order chi connectivity index (χ0) is 11.5. The fourth-order valence-electron chi connectivity index (χ4n) is 1.11. The quantitative estimate of drug-likeness (QED) is 0.851. The zero-order valence-electron chi connectivity index (χ0n) is 8.90. The second-order valence-electron chi connectivity index (χ2n) is 3.28. The highest BCUT2D eigenvalue weighted by Crippen LogP contribution is 2.24. The summed E-state index contributed by atoms with van der Waals surface area (Å²) in [5.74, 6) is 0. The number of rotatable bonds is 3. The van der Waals surface area contributed by atoms with Crippen molar-refractivity contribution in [2.75, 3.05) is 0 Å². The van der Waals surface area contributed by atoms with E-state index in [1.165, 1.54) is 11.8 Å². The van der Waals surface area contributed by atoms with Crippen LogP contribution in [0.1, 0.15) is 18.7 Å². The summed E-state index contributed by atoms with van der Waals surface area (Å²) in [5, 5.41) is 21.1. The van der Waals surface area contributed by atoms with Crippen LogP contribution in [0.25, 0.3) is 0 Å². The van der Waals surface area contributed by atoms with Gasteiger partial charge in [0.2, 0.25) is 5.16 Å². The minimum Gasteiger partial charge on any atom is -0.387 e. The monoisotopic (exact) mass is 237 g/mol. The maximum atomic E-state index is 9.31. The molecule has 0 fully saturated rings. The van der Waals surface area contributed by atoms with E-state index in [1.807, 2.05) is 6.07 Å². The van der Waals surface area contributed by atoms with Crippen molar-refractivity contribution in [2.45, 2.75) is 23.1 Å². The average molecular weight is 237 g/mol. The van der Waals surface area contributed by atoms with Crippen molar-refractivity contribution < 1.29 is 5.11 Å². The van der Waals surface area contributed by atoms with Gasteiger partial charge in [-0.05, 0) is 41.2 Å². The molecule has 16 heavy (non-hydrogen) atoms. The molecule has 0 unspecified atom stereocenters. The lowest BCUT2D eigenvalue weighted by atomic mass is 10.2. The van der Waals surface area contributed by atoms with Gasteiger partial charge in [0.05, 0.1) is 11.8 Å². The van der Waals surface area contributed by atoms with Crippen LogP contribution in [-0.2, 0) is 7.05 Å². The van der Waals surface area contributed by atoms with Crippen molar-refractivity contribution in [2.24, 2.45) is 7.05 Å². The van der Waals surface area contributed by atoms with Gasteiger partial charge >= 0.3 is 0 Å². The molecule has 0 aliphatic rings. The highest BCUT2D eigenvalue weighted by atomic mass is 32.2. The molecular weight excluding hydrogens is 226 g/mol. The first-order chi connectivity index (χ1) is 7.66. The van der Waals surface area contributed by atoms with Gasteiger partial charge in [0.25, 0.3) is 0 Å². The van der Waals surface area contributed by atoms with Crippen LogP contribution >= 0.6 is 11.8 Å². The summed E-state index contributed by atoms with van der Waals surface area (Å²) in [4.78, 5) is 5.07. The molecule has 1 atom stereocenters. The lowest BCUT2D eigenvalue weighted by molar-refractivity contribution is 0.194. The lowest BCUT2D eigenvalue weighted by Gasteiger charge is -2.04. The number of tetrazole rings is 1. The first-order valence-electron chi connectivity index (χ1n) is 4.71. The third-order valence-corrected chi connectivity index (χ3v) is 2.98. The molecular formula is C9H11N5OS. The standard InChI is InChI=1S/C9H11N5OS/c1-6(15)8-4-3-7(5-10-8)16-9-11-12-13-14(9)2/h3-6,15H,1-2H3/t6-/m1/s1. The van der Waals surface area contributed by atoms with Gasteiger partial charge in [0.15, 0.2) is 0 Å². The number of aryl methyl sites for hydroxylation is 1. The molecule has 0 aliphatic carbocycles. The molecule has 6 nitrogen and oxygen atoms in total. The molecule has 2 heterocycles. The molecule has 0 bridgehead atoms. The summed E-state index contributed by atoms with van der Waals surface area (Å²) in [5.41, 5.74) is 0.653. The Hall–Kier alpha value is -1.47. The normalized spacial score (nSPS) is 12.7. The summed E-state index contributed by atoms with van der Waals surface area (Å²) >= 11 is 1.42. The third kappa shape index (κ3) is 2.37. The summed E-state index contributed by atoms with van der Waals surface area (Å²) in [6.07, 6.45) is 1.15. The van der Waals surface area contributed by atoms with Gasteiger partial charge in [-0.1, -0.05) is 0 Å². The minimum atomic E-state index is -0.546. The first-order valence-corrected chi connectivity index (χ1v) is 5.52. The van der Waals surface area contributed by atoms with Crippen LogP contribution in [0.3, 0.4) is 0 Å². The van der Waals surface area contributed by atoms with Crippen molar-refractivity contribution in [3.8, 4) is 0 Å². The first kappa shape index (κ1) is 11.0. The van der Waals surface area contributed by atoms with E-state index in [-0.39, 0.29) is 0 Å². The molecule has 0 saturated heterocycles. The Balaban J connectivity index is 2.14. The van der Waals surface area contributed by atoms with Crippen molar-refractivity contribution in [1.82, 2.24) is 25.2 Å². The highest BCUT2D eigenvalue weighted by Gasteiger charge is 2.06. The van der Waals surface area contributed by atoms with E-state index in [0.29, 0.717) is 10.9 Å². The Morgan fingerprint density at radius 2 is 2.25 bits per heavy atom. The number of hydrogen-bond acceptors (Lipinski definition) is 6. The summed E-state index contributed by atoms with van der Waals surface area (Å²) in [7, 11) is 1.78. The average Bonchev–Trinajstić information content (AvgIpc) is 2.65. The zero-order valence-corrected chi connectivity index (χ0v) is 9.72. The summed E-state index contributed by atoms with van der Waals surface area (Å²) in [6.45, 7) is 1.68. The van der Waals surface area contributed by atoms with Crippen molar-refractivity contribution >= 4 is 11.8 Å². The van der Waals surface area contributed by atoms with Crippen LogP contribution in [0.5, 0.6) is 0 Å². The predicted molar refractivity (Wildman–Crippen MR) is 57.8 cm³/mol. The Morgan fingerprint density at radius 3 is 2.75 bits per heavy atom. The molecule has 2 aromatic rings. The Kier molecular flexibility index (Phi) is 3.16. The summed E-state index contributed by atoms with van der Waals surface area (Å²) < 4.78 is 1.59. The Bertz CT molecular complexity index is 467. The number of aromatic nitrogens is 5. The van der Waals surface area contributed by atoms with E-state index < -0.39 is 6.10 Å². The molecule has 2 rings (SSSR count).